The number of benzene rings is 2. The van der Waals surface area contributed by atoms with Crippen LogP contribution >= 0.6 is 0 Å². The minimum Gasteiger partial charge on any atom is -0.340 e. The van der Waals surface area contributed by atoms with Gasteiger partial charge >= 0.3 is 0 Å². The Morgan fingerprint density at radius 2 is 1.91 bits per heavy atom. The van der Waals surface area contributed by atoms with Gasteiger partial charge in [-0.15, -0.1) is 0 Å². The van der Waals surface area contributed by atoms with Gasteiger partial charge in [-0.05, 0) is 55.3 Å². The van der Waals surface area contributed by atoms with E-state index in [1.165, 1.54) is 12.1 Å². The number of nitrogens with one attached hydrogen (secondary N) is 1. The number of rotatable bonds is 2. The van der Waals surface area contributed by atoms with Gasteiger partial charge in [0.05, 0.1) is 5.52 Å². The summed E-state index contributed by atoms with van der Waals surface area (Å²) >= 11 is 0. The zero-order chi connectivity index (χ0) is 15.9. The van der Waals surface area contributed by atoms with E-state index in [1.807, 2.05) is 32.0 Å². The van der Waals surface area contributed by atoms with Crippen LogP contribution in [-0.4, -0.2) is 10.5 Å². The first-order chi connectivity index (χ1) is 10.5. The van der Waals surface area contributed by atoms with Gasteiger partial charge in [-0.2, -0.15) is 0 Å². The van der Waals surface area contributed by atoms with Crippen molar-refractivity contribution in [2.24, 2.45) is 7.05 Å². The Bertz CT molecular complexity index is 880. The van der Waals surface area contributed by atoms with E-state index in [4.69, 9.17) is 0 Å². The van der Waals surface area contributed by atoms with Crippen molar-refractivity contribution in [1.82, 2.24) is 4.57 Å². The van der Waals surface area contributed by atoms with E-state index in [2.05, 4.69) is 5.32 Å². The van der Waals surface area contributed by atoms with Crippen LogP contribution in [0.4, 0.5) is 10.1 Å². The molecule has 0 bridgehead atoms. The molecule has 1 aromatic heterocycles. The van der Waals surface area contributed by atoms with Crippen LogP contribution in [0.5, 0.6) is 0 Å². The van der Waals surface area contributed by atoms with Crippen molar-refractivity contribution in [2.75, 3.05) is 5.32 Å². The highest BCUT2D eigenvalue weighted by molar-refractivity contribution is 6.06. The third-order valence-electron chi connectivity index (χ3n) is 4.09. The summed E-state index contributed by atoms with van der Waals surface area (Å²) in [5.41, 5.74) is 4.16. The van der Waals surface area contributed by atoms with E-state index >= 15 is 0 Å². The van der Waals surface area contributed by atoms with Gasteiger partial charge in [-0.3, -0.25) is 4.79 Å². The highest BCUT2D eigenvalue weighted by Gasteiger charge is 2.15. The largest absolute Gasteiger partial charge is 0.340 e. The van der Waals surface area contributed by atoms with Crippen molar-refractivity contribution in [2.45, 2.75) is 13.8 Å². The minimum atomic E-state index is -0.310. The standard InChI is InChI=1S/C18H17FN2O/c1-11-5-4-6-15(12(11)2)20-18(22)17-9-13-7-8-14(19)10-16(13)21(17)3/h4-10H,1-3H3,(H,20,22). The van der Waals surface area contributed by atoms with Gasteiger partial charge in [0.25, 0.3) is 5.91 Å². The molecule has 4 heteroatoms. The number of hydrogen-bond donors (Lipinski definition) is 1. The van der Waals surface area contributed by atoms with E-state index in [0.717, 1.165) is 22.2 Å². The summed E-state index contributed by atoms with van der Waals surface area (Å²) in [7, 11) is 1.76. The summed E-state index contributed by atoms with van der Waals surface area (Å²) in [5, 5.41) is 3.77. The van der Waals surface area contributed by atoms with E-state index in [1.54, 1.807) is 23.7 Å². The normalized spacial score (nSPS) is 10.9. The zero-order valence-electron chi connectivity index (χ0n) is 12.8. The van der Waals surface area contributed by atoms with Crippen molar-refractivity contribution in [3.05, 3.63) is 65.1 Å². The van der Waals surface area contributed by atoms with Gasteiger partial charge in [0.1, 0.15) is 11.5 Å². The van der Waals surface area contributed by atoms with E-state index in [9.17, 15) is 9.18 Å². The Balaban J connectivity index is 1.99. The first kappa shape index (κ1) is 14.3. The van der Waals surface area contributed by atoms with Crippen molar-refractivity contribution in [3.8, 4) is 0 Å². The van der Waals surface area contributed by atoms with E-state index in [0.29, 0.717) is 11.2 Å². The first-order valence-electron chi connectivity index (χ1n) is 7.10. The molecule has 0 aliphatic rings. The summed E-state index contributed by atoms with van der Waals surface area (Å²) in [4.78, 5) is 12.5. The smallest absolute Gasteiger partial charge is 0.272 e. The number of aromatic nitrogens is 1. The quantitative estimate of drug-likeness (QED) is 0.756. The Morgan fingerprint density at radius 1 is 1.14 bits per heavy atom. The highest BCUT2D eigenvalue weighted by Crippen LogP contribution is 2.22. The number of fused-ring (bicyclic) bond motifs is 1. The predicted molar refractivity (Wildman–Crippen MR) is 86.7 cm³/mol. The molecule has 22 heavy (non-hydrogen) atoms. The maximum Gasteiger partial charge on any atom is 0.272 e. The second kappa shape index (κ2) is 5.30. The van der Waals surface area contributed by atoms with E-state index < -0.39 is 0 Å². The molecule has 112 valence electrons. The number of nitrogens with zero attached hydrogens (tertiary/aromatic N) is 1. The fourth-order valence-corrected chi connectivity index (χ4v) is 2.59. The molecule has 1 amide bonds. The molecule has 0 aliphatic heterocycles. The first-order valence-corrected chi connectivity index (χ1v) is 7.10. The number of amides is 1. The number of halogens is 1. The van der Waals surface area contributed by atoms with Crippen molar-refractivity contribution in [1.29, 1.82) is 0 Å². The minimum absolute atomic E-state index is 0.201. The second-order valence-corrected chi connectivity index (χ2v) is 5.49. The molecular weight excluding hydrogens is 279 g/mol. The predicted octanol–water partition coefficient (Wildman–Crippen LogP) is 4.19. The second-order valence-electron chi connectivity index (χ2n) is 5.49. The van der Waals surface area contributed by atoms with Crippen LogP contribution in [0.1, 0.15) is 21.6 Å². The summed E-state index contributed by atoms with van der Waals surface area (Å²) < 4.78 is 15.1. The molecule has 3 nitrogen and oxygen atoms in total. The van der Waals surface area contributed by atoms with Crippen LogP contribution < -0.4 is 5.32 Å². The van der Waals surface area contributed by atoms with Crippen LogP contribution in [0.2, 0.25) is 0 Å². The molecule has 3 aromatic rings. The summed E-state index contributed by atoms with van der Waals surface area (Å²) in [5.74, 6) is -0.511. The molecule has 0 unspecified atom stereocenters. The van der Waals surface area contributed by atoms with Crippen LogP contribution in [-0.2, 0) is 7.05 Å². The molecule has 0 saturated carbocycles. The number of aryl methyl sites for hydroxylation is 2. The highest BCUT2D eigenvalue weighted by atomic mass is 19.1. The van der Waals surface area contributed by atoms with Crippen molar-refractivity contribution < 1.29 is 9.18 Å². The third-order valence-corrected chi connectivity index (χ3v) is 4.09. The van der Waals surface area contributed by atoms with E-state index in [-0.39, 0.29) is 11.7 Å². The van der Waals surface area contributed by atoms with Gasteiger partial charge < -0.3 is 9.88 Å². The summed E-state index contributed by atoms with van der Waals surface area (Å²) in [6.45, 7) is 3.98. The number of hydrogen-bond acceptors (Lipinski definition) is 1. The molecule has 2 aromatic carbocycles. The van der Waals surface area contributed by atoms with Crippen molar-refractivity contribution >= 4 is 22.5 Å². The van der Waals surface area contributed by atoms with Crippen LogP contribution in [0.25, 0.3) is 10.9 Å². The fraction of sp³-hybridized carbons (Fsp3) is 0.167. The zero-order valence-corrected chi connectivity index (χ0v) is 12.8. The van der Waals surface area contributed by atoms with Gasteiger partial charge in [0.2, 0.25) is 0 Å². The summed E-state index contributed by atoms with van der Waals surface area (Å²) in [6, 6.07) is 12.1. The van der Waals surface area contributed by atoms with Gasteiger partial charge in [-0.25, -0.2) is 4.39 Å². The molecule has 0 atom stereocenters. The van der Waals surface area contributed by atoms with Crippen LogP contribution in [0, 0.1) is 19.7 Å². The Kier molecular flexibility index (Phi) is 3.45. The molecule has 3 rings (SSSR count). The molecule has 0 aliphatic carbocycles. The molecule has 1 heterocycles. The van der Waals surface area contributed by atoms with Crippen LogP contribution in [0.15, 0.2) is 42.5 Å². The van der Waals surface area contributed by atoms with Gasteiger partial charge in [0, 0.05) is 18.1 Å². The Labute approximate surface area is 128 Å². The Morgan fingerprint density at radius 3 is 2.68 bits per heavy atom. The van der Waals surface area contributed by atoms with Crippen molar-refractivity contribution in [3.63, 3.8) is 0 Å². The van der Waals surface area contributed by atoms with Gasteiger partial charge in [0.15, 0.2) is 0 Å². The lowest BCUT2D eigenvalue weighted by molar-refractivity contribution is 0.101. The average Bonchev–Trinajstić information content (AvgIpc) is 2.81. The third kappa shape index (κ3) is 2.37. The SMILES string of the molecule is Cc1cccc(NC(=O)c2cc3ccc(F)cc3n2C)c1C. The fourth-order valence-electron chi connectivity index (χ4n) is 2.59. The van der Waals surface area contributed by atoms with Crippen LogP contribution in [0.3, 0.4) is 0 Å². The molecular formula is C18H17FN2O. The lowest BCUT2D eigenvalue weighted by Crippen LogP contribution is -2.16. The maximum absolute atomic E-state index is 13.4. The monoisotopic (exact) mass is 296 g/mol. The molecule has 0 saturated heterocycles. The lowest BCUT2D eigenvalue weighted by Gasteiger charge is -2.11. The van der Waals surface area contributed by atoms with Gasteiger partial charge in [-0.1, -0.05) is 12.1 Å². The Hall–Kier alpha value is -2.62. The number of anilines is 1. The molecule has 0 radical (unpaired) electrons. The maximum atomic E-state index is 13.4. The summed E-state index contributed by atoms with van der Waals surface area (Å²) in [6.07, 6.45) is 0. The molecule has 1 N–H and O–H groups in total. The average molecular weight is 296 g/mol. The number of carbonyl (C=O) groups excluding carboxylic acids is 1. The molecule has 0 spiro atoms. The lowest BCUT2D eigenvalue weighted by atomic mass is 10.1. The molecule has 0 fully saturated rings. The number of carbonyl (C=O) groups is 1. The topological polar surface area (TPSA) is 34.0 Å².